The third-order valence-corrected chi connectivity index (χ3v) is 3.90. The molecule has 92 valence electrons. The summed E-state index contributed by atoms with van der Waals surface area (Å²) in [5, 5.41) is 22.9. The lowest BCUT2D eigenvalue weighted by Gasteiger charge is -2.18. The predicted molar refractivity (Wildman–Crippen MR) is 71.9 cm³/mol. The number of hydrogen-bond acceptors (Lipinski definition) is 5. The molecule has 0 atom stereocenters. The lowest BCUT2D eigenvalue weighted by molar-refractivity contribution is 0.140. The number of halogens is 1. The highest BCUT2D eigenvalue weighted by Crippen LogP contribution is 2.28. The van der Waals surface area contributed by atoms with Gasteiger partial charge in [0.1, 0.15) is 5.54 Å². The SMILES string of the molecule is OCC1(CO)CSC(Nc2ccc(Cl)cc2)=N1. The van der Waals surface area contributed by atoms with Crippen LogP contribution in [0.1, 0.15) is 0 Å². The van der Waals surface area contributed by atoms with Gasteiger partial charge in [0.2, 0.25) is 0 Å². The molecule has 6 heteroatoms. The molecule has 17 heavy (non-hydrogen) atoms. The standard InChI is InChI=1S/C11H13ClN2O2S/c12-8-1-3-9(4-2-8)13-10-14-11(5-15,6-16)7-17-10/h1-4,15-16H,5-7H2,(H,13,14). The fraction of sp³-hybridized carbons (Fsp3) is 0.364. The van der Waals surface area contributed by atoms with Gasteiger partial charge < -0.3 is 15.5 Å². The highest BCUT2D eigenvalue weighted by Gasteiger charge is 2.34. The summed E-state index contributed by atoms with van der Waals surface area (Å²) in [5.74, 6) is 0.579. The Kier molecular flexibility index (Phi) is 3.93. The number of amidine groups is 1. The van der Waals surface area contributed by atoms with E-state index in [1.807, 2.05) is 12.1 Å². The molecule has 0 aromatic heterocycles. The zero-order valence-electron chi connectivity index (χ0n) is 9.06. The van der Waals surface area contributed by atoms with Gasteiger partial charge in [-0.15, -0.1) is 0 Å². The number of rotatable bonds is 3. The van der Waals surface area contributed by atoms with Gasteiger partial charge in [0.15, 0.2) is 5.17 Å². The van der Waals surface area contributed by atoms with Crippen LogP contribution < -0.4 is 5.32 Å². The van der Waals surface area contributed by atoms with Gasteiger partial charge in [0.25, 0.3) is 0 Å². The van der Waals surface area contributed by atoms with Gasteiger partial charge in [-0.25, -0.2) is 4.99 Å². The number of nitrogens with one attached hydrogen (secondary N) is 1. The van der Waals surface area contributed by atoms with Crippen molar-refractivity contribution < 1.29 is 10.2 Å². The maximum atomic E-state index is 9.21. The van der Waals surface area contributed by atoms with E-state index in [2.05, 4.69) is 10.3 Å². The van der Waals surface area contributed by atoms with Gasteiger partial charge in [-0.1, -0.05) is 23.4 Å². The summed E-state index contributed by atoms with van der Waals surface area (Å²) in [6, 6.07) is 7.28. The van der Waals surface area contributed by atoms with Crippen LogP contribution in [-0.4, -0.2) is 39.9 Å². The van der Waals surface area contributed by atoms with Gasteiger partial charge in [-0.05, 0) is 24.3 Å². The van der Waals surface area contributed by atoms with Crippen LogP contribution in [0.25, 0.3) is 0 Å². The van der Waals surface area contributed by atoms with E-state index in [4.69, 9.17) is 11.6 Å². The lowest BCUT2D eigenvalue weighted by atomic mass is 10.1. The third-order valence-electron chi connectivity index (χ3n) is 2.50. The van der Waals surface area contributed by atoms with E-state index in [0.717, 1.165) is 5.69 Å². The van der Waals surface area contributed by atoms with E-state index in [-0.39, 0.29) is 13.2 Å². The van der Waals surface area contributed by atoms with Crippen LogP contribution in [0.15, 0.2) is 29.3 Å². The van der Waals surface area contributed by atoms with E-state index in [1.54, 1.807) is 12.1 Å². The van der Waals surface area contributed by atoms with Crippen molar-refractivity contribution in [3.63, 3.8) is 0 Å². The second-order valence-electron chi connectivity index (χ2n) is 3.88. The number of aliphatic hydroxyl groups excluding tert-OH is 2. The van der Waals surface area contributed by atoms with Crippen molar-refractivity contribution in [2.75, 3.05) is 24.3 Å². The molecule has 0 spiro atoms. The zero-order valence-corrected chi connectivity index (χ0v) is 10.6. The minimum Gasteiger partial charge on any atom is -0.394 e. The van der Waals surface area contributed by atoms with Crippen molar-refractivity contribution in [3.05, 3.63) is 29.3 Å². The van der Waals surface area contributed by atoms with Crippen LogP contribution >= 0.6 is 23.4 Å². The monoisotopic (exact) mass is 272 g/mol. The van der Waals surface area contributed by atoms with Crippen LogP contribution in [0.5, 0.6) is 0 Å². The quantitative estimate of drug-likeness (QED) is 0.782. The van der Waals surface area contributed by atoms with Crippen LogP contribution in [0, 0.1) is 0 Å². The summed E-state index contributed by atoms with van der Waals surface area (Å²) < 4.78 is 0. The second-order valence-corrected chi connectivity index (χ2v) is 5.28. The lowest BCUT2D eigenvalue weighted by Crippen LogP contribution is -2.36. The largest absolute Gasteiger partial charge is 0.394 e. The number of anilines is 1. The Morgan fingerprint density at radius 3 is 2.47 bits per heavy atom. The van der Waals surface area contributed by atoms with Crippen molar-refractivity contribution in [1.82, 2.24) is 0 Å². The van der Waals surface area contributed by atoms with E-state index in [9.17, 15) is 10.2 Å². The van der Waals surface area contributed by atoms with Gasteiger partial charge in [-0.3, -0.25) is 0 Å². The van der Waals surface area contributed by atoms with Gasteiger partial charge in [0.05, 0.1) is 13.2 Å². The molecule has 0 amide bonds. The predicted octanol–water partition coefficient (Wildman–Crippen LogP) is 1.58. The van der Waals surface area contributed by atoms with Crippen LogP contribution in [0.4, 0.5) is 5.69 Å². The highest BCUT2D eigenvalue weighted by molar-refractivity contribution is 8.14. The third kappa shape index (κ3) is 2.93. The first-order chi connectivity index (χ1) is 8.17. The fourth-order valence-electron chi connectivity index (χ4n) is 1.42. The van der Waals surface area contributed by atoms with Crippen molar-refractivity contribution in [1.29, 1.82) is 0 Å². The summed E-state index contributed by atoms with van der Waals surface area (Å²) >= 11 is 7.27. The van der Waals surface area contributed by atoms with E-state index >= 15 is 0 Å². The summed E-state index contributed by atoms with van der Waals surface area (Å²) in [6.07, 6.45) is 0. The maximum absolute atomic E-state index is 9.21. The topological polar surface area (TPSA) is 64.8 Å². The van der Waals surface area contributed by atoms with Crippen molar-refractivity contribution in [2.24, 2.45) is 4.99 Å². The Balaban J connectivity index is 2.08. The molecule has 0 aliphatic carbocycles. The molecule has 1 aliphatic heterocycles. The summed E-state index contributed by atoms with van der Waals surface area (Å²) in [5.41, 5.74) is 0.131. The Morgan fingerprint density at radius 2 is 1.94 bits per heavy atom. The average molecular weight is 273 g/mol. The van der Waals surface area contributed by atoms with Crippen LogP contribution in [-0.2, 0) is 0 Å². The van der Waals surface area contributed by atoms with Crippen molar-refractivity contribution in [3.8, 4) is 0 Å². The van der Waals surface area contributed by atoms with Crippen molar-refractivity contribution >= 4 is 34.2 Å². The molecule has 1 aromatic rings. The molecule has 1 aliphatic rings. The highest BCUT2D eigenvalue weighted by atomic mass is 35.5. The fourth-order valence-corrected chi connectivity index (χ4v) is 2.64. The molecular weight excluding hydrogens is 260 g/mol. The number of benzene rings is 1. The Morgan fingerprint density at radius 1 is 1.29 bits per heavy atom. The molecule has 0 saturated heterocycles. The molecule has 0 radical (unpaired) electrons. The first-order valence-corrected chi connectivity index (χ1v) is 6.51. The molecular formula is C11H13ClN2O2S. The molecule has 4 nitrogen and oxygen atoms in total. The number of aliphatic hydroxyl groups is 2. The Labute approximate surface area is 109 Å². The Hall–Kier alpha value is -0.750. The van der Waals surface area contributed by atoms with E-state index < -0.39 is 5.54 Å². The summed E-state index contributed by atoms with van der Waals surface area (Å²) in [4.78, 5) is 4.31. The molecule has 3 N–H and O–H groups in total. The number of nitrogens with zero attached hydrogens (tertiary/aromatic N) is 1. The molecule has 0 unspecified atom stereocenters. The Bertz CT molecular complexity index is 418. The number of aliphatic imine (C=N–C) groups is 1. The zero-order chi connectivity index (χ0) is 12.3. The molecule has 2 rings (SSSR count). The molecule has 1 aromatic carbocycles. The first kappa shape index (κ1) is 12.7. The van der Waals surface area contributed by atoms with E-state index in [1.165, 1.54) is 11.8 Å². The molecule has 1 heterocycles. The van der Waals surface area contributed by atoms with Gasteiger partial charge >= 0.3 is 0 Å². The average Bonchev–Trinajstić information content (AvgIpc) is 2.76. The summed E-state index contributed by atoms with van der Waals surface area (Å²) in [6.45, 7) is -0.301. The number of thioether (sulfide) groups is 1. The molecule has 0 fully saturated rings. The molecule has 0 bridgehead atoms. The first-order valence-electron chi connectivity index (χ1n) is 5.14. The summed E-state index contributed by atoms with van der Waals surface area (Å²) in [7, 11) is 0. The second kappa shape index (κ2) is 5.27. The van der Waals surface area contributed by atoms with Gasteiger partial charge in [-0.2, -0.15) is 0 Å². The minimum absolute atomic E-state index is 0.150. The molecule has 0 saturated carbocycles. The van der Waals surface area contributed by atoms with Gasteiger partial charge in [0, 0.05) is 16.5 Å². The smallest absolute Gasteiger partial charge is 0.161 e. The number of hydrogen-bond donors (Lipinski definition) is 3. The minimum atomic E-state index is -0.751. The van der Waals surface area contributed by atoms with Crippen LogP contribution in [0.3, 0.4) is 0 Å². The van der Waals surface area contributed by atoms with Crippen molar-refractivity contribution in [2.45, 2.75) is 5.54 Å². The normalized spacial score (nSPS) is 17.9. The maximum Gasteiger partial charge on any atom is 0.161 e. The van der Waals surface area contributed by atoms with Crippen LogP contribution in [0.2, 0.25) is 5.02 Å². The van der Waals surface area contributed by atoms with E-state index in [0.29, 0.717) is 15.9 Å².